The van der Waals surface area contributed by atoms with Crippen molar-refractivity contribution in [2.24, 2.45) is 0 Å². The molecule has 1 unspecified atom stereocenters. The molecule has 2 aromatic rings. The topological polar surface area (TPSA) is 0 Å². The largest absolute Gasteiger partial charge is 0.234 e. The van der Waals surface area contributed by atoms with E-state index < -0.39 is 17.3 Å². The van der Waals surface area contributed by atoms with Crippen LogP contribution in [0.1, 0.15) is 50.2 Å². The molecule has 0 fully saturated rings. The first-order chi connectivity index (χ1) is 13.0. The molecule has 27 heavy (non-hydrogen) atoms. The minimum absolute atomic E-state index is 0.0375. The van der Waals surface area contributed by atoms with Crippen molar-refractivity contribution in [1.29, 1.82) is 0 Å². The van der Waals surface area contributed by atoms with Gasteiger partial charge in [0.25, 0.3) is 0 Å². The van der Waals surface area contributed by atoms with E-state index in [-0.39, 0.29) is 6.42 Å². The zero-order valence-electron chi connectivity index (χ0n) is 15.7. The highest BCUT2D eigenvalue weighted by atomic mass is 19.1. The molecule has 0 aromatic heterocycles. The summed E-state index contributed by atoms with van der Waals surface area (Å²) in [6.45, 7) is 2.18. The van der Waals surface area contributed by atoms with Crippen LogP contribution in [0.4, 0.5) is 13.2 Å². The van der Waals surface area contributed by atoms with Crippen LogP contribution in [-0.2, 0) is 12.1 Å². The third-order valence-corrected chi connectivity index (χ3v) is 5.05. The van der Waals surface area contributed by atoms with Crippen molar-refractivity contribution in [1.82, 2.24) is 0 Å². The molecule has 0 aliphatic heterocycles. The van der Waals surface area contributed by atoms with Crippen molar-refractivity contribution in [3.63, 3.8) is 0 Å². The second-order valence-corrected chi connectivity index (χ2v) is 7.20. The van der Waals surface area contributed by atoms with Gasteiger partial charge < -0.3 is 0 Å². The van der Waals surface area contributed by atoms with E-state index in [1.165, 1.54) is 49.6 Å². The lowest BCUT2D eigenvalue weighted by Crippen LogP contribution is -2.20. The summed E-state index contributed by atoms with van der Waals surface area (Å²) in [5.74, 6) is -1.04. The van der Waals surface area contributed by atoms with E-state index in [1.807, 2.05) is 24.3 Å². The molecule has 3 rings (SSSR count). The Balaban J connectivity index is 1.95. The molecule has 1 atom stereocenters. The van der Waals surface area contributed by atoms with Gasteiger partial charge in [-0.2, -0.15) is 0 Å². The van der Waals surface area contributed by atoms with Crippen LogP contribution in [0.5, 0.6) is 0 Å². The van der Waals surface area contributed by atoms with E-state index in [9.17, 15) is 8.78 Å². The van der Waals surface area contributed by atoms with Crippen molar-refractivity contribution in [2.45, 2.75) is 51.1 Å². The summed E-state index contributed by atoms with van der Waals surface area (Å²) < 4.78 is 43.2. The van der Waals surface area contributed by atoms with Gasteiger partial charge in [-0.05, 0) is 53.8 Å². The Morgan fingerprint density at radius 1 is 1.00 bits per heavy atom. The predicted octanol–water partition coefficient (Wildman–Crippen LogP) is 7.59. The minimum Gasteiger partial charge on any atom is -0.234 e. The molecule has 1 aliphatic carbocycles. The molecule has 0 heterocycles. The molecule has 0 N–H and O–H groups in total. The Morgan fingerprint density at radius 2 is 1.85 bits per heavy atom. The summed E-state index contributed by atoms with van der Waals surface area (Å²) in [6, 6.07) is 11.8. The number of unbranched alkanes of at least 4 members (excludes halogenated alkanes) is 3. The van der Waals surface area contributed by atoms with Crippen LogP contribution >= 0.6 is 0 Å². The number of allylic oxidation sites excluding steroid dienone is 4. The van der Waals surface area contributed by atoms with Crippen LogP contribution in [-0.4, -0.2) is 0 Å². The quantitative estimate of drug-likeness (QED) is 0.440. The van der Waals surface area contributed by atoms with Crippen molar-refractivity contribution in [3.05, 3.63) is 83.5 Å². The third-order valence-electron chi connectivity index (χ3n) is 5.05. The first kappa shape index (κ1) is 19.5. The zero-order chi connectivity index (χ0) is 19.3. The van der Waals surface area contributed by atoms with Crippen molar-refractivity contribution in [3.8, 4) is 11.1 Å². The number of alkyl halides is 1. The first-order valence-corrected chi connectivity index (χ1v) is 9.65. The molecule has 0 nitrogen and oxygen atoms in total. The van der Waals surface area contributed by atoms with Gasteiger partial charge in [0.1, 0.15) is 11.6 Å². The normalized spacial score (nSPS) is 19.2. The van der Waals surface area contributed by atoms with E-state index in [0.29, 0.717) is 11.1 Å². The summed E-state index contributed by atoms with van der Waals surface area (Å²) in [5.41, 5.74) is 0.715. The SMILES string of the molecule is CCCCCCc1cccc(-c2cc(F)ccc2C2(F)C=C(F)C=CC2)c1. The van der Waals surface area contributed by atoms with Crippen molar-refractivity contribution in [2.75, 3.05) is 0 Å². The maximum absolute atomic E-state index is 15.5. The first-order valence-electron chi connectivity index (χ1n) is 9.65. The monoisotopic (exact) mass is 370 g/mol. The fourth-order valence-corrected chi connectivity index (χ4v) is 3.62. The number of benzene rings is 2. The smallest absolute Gasteiger partial charge is 0.161 e. The highest BCUT2D eigenvalue weighted by molar-refractivity contribution is 5.70. The van der Waals surface area contributed by atoms with Gasteiger partial charge in [-0.15, -0.1) is 0 Å². The summed E-state index contributed by atoms with van der Waals surface area (Å²) in [5, 5.41) is 0. The Kier molecular flexibility index (Phi) is 6.20. The van der Waals surface area contributed by atoms with Gasteiger partial charge in [0.15, 0.2) is 5.67 Å². The van der Waals surface area contributed by atoms with Crippen LogP contribution in [0.15, 0.2) is 66.5 Å². The number of halogens is 3. The van der Waals surface area contributed by atoms with E-state index in [1.54, 1.807) is 0 Å². The fraction of sp³-hybridized carbons (Fsp3) is 0.333. The second kappa shape index (κ2) is 8.60. The van der Waals surface area contributed by atoms with E-state index in [4.69, 9.17) is 0 Å². The zero-order valence-corrected chi connectivity index (χ0v) is 15.7. The number of rotatable bonds is 7. The molecule has 1 aliphatic rings. The Bertz CT molecular complexity index is 850. The number of hydrogen-bond acceptors (Lipinski definition) is 0. The maximum atomic E-state index is 15.5. The van der Waals surface area contributed by atoms with E-state index >= 15 is 4.39 Å². The standard InChI is InChI=1S/C24H25F3/c1-2-3-4-5-8-18-9-6-10-19(15-18)22-16-20(25)12-13-23(22)24(27)14-7-11-21(26)17-24/h6-7,9-13,15-17H,2-5,8,14H2,1H3. The molecular formula is C24H25F3. The average molecular weight is 370 g/mol. The van der Waals surface area contributed by atoms with E-state index in [0.717, 1.165) is 30.0 Å². The number of aryl methyl sites for hydroxylation is 1. The van der Waals surface area contributed by atoms with Gasteiger partial charge in [-0.3, -0.25) is 0 Å². The molecule has 0 saturated carbocycles. The second-order valence-electron chi connectivity index (χ2n) is 7.20. The lowest BCUT2D eigenvalue weighted by Gasteiger charge is -2.26. The summed E-state index contributed by atoms with van der Waals surface area (Å²) in [4.78, 5) is 0. The molecule has 2 aromatic carbocycles. The lowest BCUT2D eigenvalue weighted by molar-refractivity contribution is 0.231. The molecule has 142 valence electrons. The van der Waals surface area contributed by atoms with E-state index in [2.05, 4.69) is 6.92 Å². The lowest BCUT2D eigenvalue weighted by atomic mass is 9.83. The van der Waals surface area contributed by atoms with Crippen molar-refractivity contribution < 1.29 is 13.2 Å². The molecular weight excluding hydrogens is 345 g/mol. The van der Waals surface area contributed by atoms with Gasteiger partial charge >= 0.3 is 0 Å². The van der Waals surface area contributed by atoms with Gasteiger partial charge in [-0.25, -0.2) is 13.2 Å². The number of hydrogen-bond donors (Lipinski definition) is 0. The molecule has 3 heteroatoms. The van der Waals surface area contributed by atoms with Gasteiger partial charge in [0, 0.05) is 12.0 Å². The molecule has 0 radical (unpaired) electrons. The Morgan fingerprint density at radius 3 is 2.63 bits per heavy atom. The van der Waals surface area contributed by atoms with Crippen molar-refractivity contribution >= 4 is 0 Å². The van der Waals surface area contributed by atoms with Crippen LogP contribution in [0.2, 0.25) is 0 Å². The van der Waals surface area contributed by atoms with Crippen LogP contribution in [0, 0.1) is 5.82 Å². The van der Waals surface area contributed by atoms with Crippen LogP contribution in [0.3, 0.4) is 0 Å². The van der Waals surface area contributed by atoms with Gasteiger partial charge in [-0.1, -0.05) is 62.6 Å². The summed E-state index contributed by atoms with van der Waals surface area (Å²) in [7, 11) is 0. The highest BCUT2D eigenvalue weighted by Crippen LogP contribution is 2.41. The van der Waals surface area contributed by atoms with Gasteiger partial charge in [0.05, 0.1) is 0 Å². The van der Waals surface area contributed by atoms with Crippen LogP contribution in [0.25, 0.3) is 11.1 Å². The summed E-state index contributed by atoms with van der Waals surface area (Å²) >= 11 is 0. The maximum Gasteiger partial charge on any atom is 0.161 e. The van der Waals surface area contributed by atoms with Crippen LogP contribution < -0.4 is 0 Å². The molecule has 0 amide bonds. The Labute approximate surface area is 159 Å². The molecule has 0 spiro atoms. The fourth-order valence-electron chi connectivity index (χ4n) is 3.62. The minimum atomic E-state index is -1.97. The molecule has 0 saturated heterocycles. The van der Waals surface area contributed by atoms with Gasteiger partial charge in [0.2, 0.25) is 0 Å². The Hall–Kier alpha value is -2.29. The highest BCUT2D eigenvalue weighted by Gasteiger charge is 2.33. The average Bonchev–Trinajstić information content (AvgIpc) is 2.65. The molecule has 0 bridgehead atoms. The predicted molar refractivity (Wildman–Crippen MR) is 105 cm³/mol. The summed E-state index contributed by atoms with van der Waals surface area (Å²) in [6.07, 6.45) is 9.37. The third kappa shape index (κ3) is 4.71.